The van der Waals surface area contributed by atoms with Crippen LogP contribution in [0.2, 0.25) is 0 Å². The predicted octanol–water partition coefficient (Wildman–Crippen LogP) is 4.75. The summed E-state index contributed by atoms with van der Waals surface area (Å²) in [6.07, 6.45) is 0.303. The van der Waals surface area contributed by atoms with Crippen molar-refractivity contribution in [3.8, 4) is 17.0 Å². The Kier molecular flexibility index (Phi) is 5.97. The minimum absolute atomic E-state index is 0.313. The van der Waals surface area contributed by atoms with Crippen LogP contribution in [-0.4, -0.2) is 36.9 Å². The van der Waals surface area contributed by atoms with E-state index < -0.39 is 6.10 Å². The quantitative estimate of drug-likeness (QED) is 0.657. The van der Waals surface area contributed by atoms with E-state index in [-0.39, 0.29) is 0 Å². The van der Waals surface area contributed by atoms with E-state index in [9.17, 15) is 5.11 Å². The van der Waals surface area contributed by atoms with E-state index in [0.717, 1.165) is 34.3 Å². The number of fused-ring (bicyclic) bond motifs is 1. The lowest BCUT2D eigenvalue weighted by atomic mass is 10.1. The van der Waals surface area contributed by atoms with Crippen molar-refractivity contribution in [3.05, 3.63) is 54.6 Å². The third-order valence-electron chi connectivity index (χ3n) is 4.53. The molecule has 0 amide bonds. The van der Waals surface area contributed by atoms with Gasteiger partial charge in [0, 0.05) is 30.7 Å². The van der Waals surface area contributed by atoms with Crippen LogP contribution in [0, 0.1) is 5.92 Å². The van der Waals surface area contributed by atoms with Crippen molar-refractivity contribution in [2.24, 2.45) is 5.92 Å². The van der Waals surface area contributed by atoms with Gasteiger partial charge in [0.2, 0.25) is 0 Å². The molecule has 1 atom stereocenters. The van der Waals surface area contributed by atoms with E-state index in [1.54, 1.807) is 0 Å². The molecule has 0 saturated carbocycles. The molecule has 0 bridgehead atoms. The van der Waals surface area contributed by atoms with E-state index in [4.69, 9.17) is 9.72 Å². The van der Waals surface area contributed by atoms with Gasteiger partial charge >= 0.3 is 0 Å². The van der Waals surface area contributed by atoms with Gasteiger partial charge in [-0.3, -0.25) is 0 Å². The largest absolute Gasteiger partial charge is 0.491 e. The van der Waals surface area contributed by atoms with E-state index in [0.29, 0.717) is 12.5 Å². The van der Waals surface area contributed by atoms with Gasteiger partial charge < -0.3 is 14.7 Å². The summed E-state index contributed by atoms with van der Waals surface area (Å²) in [4.78, 5) is 6.86. The number of rotatable bonds is 7. The fraction of sp³-hybridized carbons (Fsp3) is 0.348. The molecule has 0 aliphatic rings. The van der Waals surface area contributed by atoms with Gasteiger partial charge in [-0.2, -0.15) is 0 Å². The van der Waals surface area contributed by atoms with Gasteiger partial charge in [-0.05, 0) is 48.7 Å². The van der Waals surface area contributed by atoms with Gasteiger partial charge in [0.05, 0.1) is 17.3 Å². The molecule has 0 spiro atoms. The lowest BCUT2D eigenvalue weighted by Gasteiger charge is -2.14. The van der Waals surface area contributed by atoms with Gasteiger partial charge in [-0.25, -0.2) is 4.98 Å². The number of ether oxygens (including phenoxy) is 1. The number of aliphatic hydroxyl groups excluding tert-OH is 1. The summed E-state index contributed by atoms with van der Waals surface area (Å²) in [6.45, 7) is 4.50. The first-order chi connectivity index (χ1) is 12.9. The number of hydrogen-bond acceptors (Lipinski definition) is 4. The molecule has 4 heteroatoms. The molecule has 0 saturated heterocycles. The zero-order valence-corrected chi connectivity index (χ0v) is 16.5. The predicted molar refractivity (Wildman–Crippen MR) is 112 cm³/mol. The van der Waals surface area contributed by atoms with Crippen LogP contribution in [0.4, 0.5) is 5.69 Å². The summed E-state index contributed by atoms with van der Waals surface area (Å²) in [7, 11) is 4.07. The number of pyridine rings is 1. The van der Waals surface area contributed by atoms with Crippen LogP contribution in [0.3, 0.4) is 0 Å². The number of hydrogen-bond donors (Lipinski definition) is 1. The standard InChI is InChI=1S/C23H28N2O2/c1-16(2)13-20(26)15-27-21-10-12-23-18(14-21)7-11-22(24-23)17-5-8-19(9-6-17)25(3)4/h5-12,14,16,20,26H,13,15H2,1-4H3. The van der Waals surface area contributed by atoms with E-state index >= 15 is 0 Å². The zero-order chi connectivity index (χ0) is 19.4. The molecule has 1 N–H and O–H groups in total. The van der Waals surface area contributed by atoms with E-state index in [1.165, 1.54) is 5.69 Å². The summed E-state index contributed by atoms with van der Waals surface area (Å²) >= 11 is 0. The number of anilines is 1. The molecule has 0 aliphatic heterocycles. The minimum Gasteiger partial charge on any atom is -0.491 e. The molecule has 27 heavy (non-hydrogen) atoms. The fourth-order valence-electron chi connectivity index (χ4n) is 3.09. The Bertz CT molecular complexity index is 889. The number of aliphatic hydroxyl groups is 1. The highest BCUT2D eigenvalue weighted by Crippen LogP contribution is 2.25. The fourth-order valence-corrected chi connectivity index (χ4v) is 3.09. The Balaban J connectivity index is 1.75. The molecule has 0 radical (unpaired) electrons. The molecule has 1 unspecified atom stereocenters. The third-order valence-corrected chi connectivity index (χ3v) is 4.53. The molecule has 3 aromatic rings. The highest BCUT2D eigenvalue weighted by atomic mass is 16.5. The molecule has 0 aliphatic carbocycles. The summed E-state index contributed by atoms with van der Waals surface area (Å²) in [5.74, 6) is 1.21. The first-order valence-electron chi connectivity index (χ1n) is 9.42. The Hall–Kier alpha value is -2.59. The maximum absolute atomic E-state index is 9.97. The Labute approximate surface area is 161 Å². The summed E-state index contributed by atoms with van der Waals surface area (Å²) in [5, 5.41) is 11.0. The van der Waals surface area contributed by atoms with E-state index in [2.05, 4.69) is 49.1 Å². The van der Waals surface area contributed by atoms with Crippen LogP contribution in [-0.2, 0) is 0 Å². The van der Waals surface area contributed by atoms with Crippen LogP contribution in [0.25, 0.3) is 22.2 Å². The number of benzene rings is 2. The molecule has 3 rings (SSSR count). The Morgan fingerprint density at radius 2 is 1.74 bits per heavy atom. The van der Waals surface area contributed by atoms with Crippen molar-refractivity contribution < 1.29 is 9.84 Å². The number of nitrogens with zero attached hydrogens (tertiary/aromatic N) is 2. The van der Waals surface area contributed by atoms with E-state index in [1.807, 2.05) is 38.4 Å². The van der Waals surface area contributed by atoms with Gasteiger partial charge in [0.25, 0.3) is 0 Å². The topological polar surface area (TPSA) is 45.6 Å². The highest BCUT2D eigenvalue weighted by Gasteiger charge is 2.09. The van der Waals surface area contributed by atoms with Gasteiger partial charge in [0.1, 0.15) is 12.4 Å². The molecule has 0 fully saturated rings. The summed E-state index contributed by atoms with van der Waals surface area (Å²) in [5.41, 5.74) is 4.15. The van der Waals surface area contributed by atoms with Crippen molar-refractivity contribution in [1.29, 1.82) is 0 Å². The average Bonchev–Trinajstić information content (AvgIpc) is 2.65. The van der Waals surface area contributed by atoms with Gasteiger partial charge in [0.15, 0.2) is 0 Å². The Morgan fingerprint density at radius 3 is 2.41 bits per heavy atom. The summed E-state index contributed by atoms with van der Waals surface area (Å²) < 4.78 is 5.74. The highest BCUT2D eigenvalue weighted by molar-refractivity contribution is 5.83. The second kappa shape index (κ2) is 8.40. The minimum atomic E-state index is -0.439. The normalized spacial score (nSPS) is 12.4. The zero-order valence-electron chi connectivity index (χ0n) is 16.5. The maximum atomic E-state index is 9.97. The van der Waals surface area contributed by atoms with Crippen molar-refractivity contribution in [3.63, 3.8) is 0 Å². The third kappa shape index (κ3) is 4.98. The summed E-state index contributed by atoms with van der Waals surface area (Å²) in [6, 6.07) is 18.3. The second-order valence-electron chi connectivity index (χ2n) is 7.59. The molecule has 1 heterocycles. The lowest BCUT2D eigenvalue weighted by molar-refractivity contribution is 0.0893. The molecule has 4 nitrogen and oxygen atoms in total. The maximum Gasteiger partial charge on any atom is 0.120 e. The molecule has 142 valence electrons. The van der Waals surface area contributed by atoms with Crippen LogP contribution in [0.15, 0.2) is 54.6 Å². The van der Waals surface area contributed by atoms with Crippen LogP contribution in [0.1, 0.15) is 20.3 Å². The van der Waals surface area contributed by atoms with Crippen molar-refractivity contribution in [2.45, 2.75) is 26.4 Å². The van der Waals surface area contributed by atoms with Gasteiger partial charge in [-0.15, -0.1) is 0 Å². The lowest BCUT2D eigenvalue weighted by Crippen LogP contribution is -2.19. The second-order valence-corrected chi connectivity index (χ2v) is 7.59. The smallest absolute Gasteiger partial charge is 0.120 e. The van der Waals surface area contributed by atoms with Crippen molar-refractivity contribution >= 4 is 16.6 Å². The first kappa shape index (κ1) is 19.2. The SMILES string of the molecule is CC(C)CC(O)COc1ccc2nc(-c3ccc(N(C)C)cc3)ccc2c1. The van der Waals surface area contributed by atoms with Crippen molar-refractivity contribution in [2.75, 3.05) is 25.6 Å². The average molecular weight is 364 g/mol. The van der Waals surface area contributed by atoms with Crippen LogP contribution in [0.5, 0.6) is 5.75 Å². The molecule has 2 aromatic carbocycles. The molecular formula is C23H28N2O2. The Morgan fingerprint density at radius 1 is 1.00 bits per heavy atom. The monoisotopic (exact) mass is 364 g/mol. The van der Waals surface area contributed by atoms with Crippen LogP contribution >= 0.6 is 0 Å². The van der Waals surface area contributed by atoms with Gasteiger partial charge in [-0.1, -0.05) is 32.0 Å². The number of aromatic nitrogens is 1. The molecule has 1 aromatic heterocycles. The van der Waals surface area contributed by atoms with Crippen molar-refractivity contribution in [1.82, 2.24) is 4.98 Å². The molecular weight excluding hydrogens is 336 g/mol. The van der Waals surface area contributed by atoms with Crippen LogP contribution < -0.4 is 9.64 Å². The first-order valence-corrected chi connectivity index (χ1v) is 9.42.